The first-order valence-electron chi connectivity index (χ1n) is 4.66. The predicted molar refractivity (Wildman–Crippen MR) is 58.9 cm³/mol. The minimum Gasteiger partial charge on any atom is -0.351 e. The second-order valence-corrected chi connectivity index (χ2v) is 4.01. The highest BCUT2D eigenvalue weighted by molar-refractivity contribution is 7.12. The number of hydrogen-bond donors (Lipinski definition) is 2. The third-order valence-corrected chi connectivity index (χ3v) is 2.85. The summed E-state index contributed by atoms with van der Waals surface area (Å²) in [6, 6.07) is 5.59. The molecule has 0 bridgehead atoms. The van der Waals surface area contributed by atoms with Gasteiger partial charge in [-0.3, -0.25) is 9.89 Å². The van der Waals surface area contributed by atoms with E-state index >= 15 is 0 Å². The molecule has 0 aromatic carbocycles. The lowest BCUT2D eigenvalue weighted by Crippen LogP contribution is -2.24. The second kappa shape index (κ2) is 4.75. The van der Waals surface area contributed by atoms with Crippen molar-refractivity contribution in [3.05, 3.63) is 40.3 Å². The second-order valence-electron chi connectivity index (χ2n) is 3.07. The molecule has 0 aliphatic carbocycles. The van der Waals surface area contributed by atoms with Gasteiger partial charge in [-0.2, -0.15) is 5.10 Å². The molecule has 1 amide bonds. The molecule has 0 aliphatic rings. The van der Waals surface area contributed by atoms with Gasteiger partial charge in [-0.25, -0.2) is 0 Å². The van der Waals surface area contributed by atoms with Crippen LogP contribution in [0.25, 0.3) is 0 Å². The van der Waals surface area contributed by atoms with E-state index in [1.54, 1.807) is 6.20 Å². The van der Waals surface area contributed by atoms with E-state index in [1.165, 1.54) is 11.3 Å². The fraction of sp³-hybridized carbons (Fsp3) is 0.200. The van der Waals surface area contributed by atoms with Crippen LogP contribution in [0.4, 0.5) is 0 Å². The van der Waals surface area contributed by atoms with Gasteiger partial charge in [-0.15, -0.1) is 11.3 Å². The van der Waals surface area contributed by atoms with Crippen LogP contribution in [0.2, 0.25) is 0 Å². The molecule has 2 rings (SSSR count). The molecular weight excluding hydrogens is 210 g/mol. The zero-order valence-electron chi connectivity index (χ0n) is 8.06. The van der Waals surface area contributed by atoms with E-state index in [0.717, 1.165) is 17.0 Å². The summed E-state index contributed by atoms with van der Waals surface area (Å²) >= 11 is 1.45. The fourth-order valence-electron chi connectivity index (χ4n) is 1.23. The number of nitrogens with one attached hydrogen (secondary N) is 2. The molecule has 2 heterocycles. The fourth-order valence-corrected chi connectivity index (χ4v) is 1.87. The van der Waals surface area contributed by atoms with Gasteiger partial charge in [0.1, 0.15) is 0 Å². The van der Waals surface area contributed by atoms with Gasteiger partial charge in [0.25, 0.3) is 5.91 Å². The first-order valence-corrected chi connectivity index (χ1v) is 5.54. The lowest BCUT2D eigenvalue weighted by molar-refractivity contribution is 0.0958. The largest absolute Gasteiger partial charge is 0.351 e. The van der Waals surface area contributed by atoms with Gasteiger partial charge in [0.05, 0.1) is 4.88 Å². The third-order valence-electron chi connectivity index (χ3n) is 1.98. The average molecular weight is 221 g/mol. The van der Waals surface area contributed by atoms with Gasteiger partial charge >= 0.3 is 0 Å². The number of aromatic nitrogens is 2. The monoisotopic (exact) mass is 221 g/mol. The van der Waals surface area contributed by atoms with E-state index in [-0.39, 0.29) is 5.91 Å². The number of aromatic amines is 1. The molecule has 0 atom stereocenters. The Morgan fingerprint density at radius 3 is 3.13 bits per heavy atom. The highest BCUT2D eigenvalue weighted by Gasteiger charge is 2.04. The van der Waals surface area contributed by atoms with Gasteiger partial charge in [-0.05, 0) is 17.5 Å². The molecule has 2 aromatic rings. The van der Waals surface area contributed by atoms with Crippen molar-refractivity contribution in [2.45, 2.75) is 6.42 Å². The maximum atomic E-state index is 11.5. The maximum absolute atomic E-state index is 11.5. The van der Waals surface area contributed by atoms with Crippen LogP contribution < -0.4 is 5.32 Å². The molecule has 0 fully saturated rings. The van der Waals surface area contributed by atoms with Gasteiger partial charge in [-0.1, -0.05) is 6.07 Å². The SMILES string of the molecule is O=C(NCCc1ccn[nH]1)c1cccs1. The van der Waals surface area contributed by atoms with Crippen LogP contribution in [0.5, 0.6) is 0 Å². The Morgan fingerprint density at radius 1 is 1.53 bits per heavy atom. The lowest BCUT2D eigenvalue weighted by atomic mass is 10.3. The van der Waals surface area contributed by atoms with Gasteiger partial charge in [0.15, 0.2) is 0 Å². The molecule has 2 aromatic heterocycles. The smallest absolute Gasteiger partial charge is 0.261 e. The Morgan fingerprint density at radius 2 is 2.47 bits per heavy atom. The summed E-state index contributed by atoms with van der Waals surface area (Å²) in [6.07, 6.45) is 2.48. The molecule has 2 N–H and O–H groups in total. The van der Waals surface area contributed by atoms with Crippen molar-refractivity contribution in [3.8, 4) is 0 Å². The van der Waals surface area contributed by atoms with Crippen molar-refractivity contribution in [2.24, 2.45) is 0 Å². The molecule has 15 heavy (non-hydrogen) atoms. The van der Waals surface area contributed by atoms with Gasteiger partial charge < -0.3 is 5.32 Å². The maximum Gasteiger partial charge on any atom is 0.261 e. The molecule has 0 spiro atoms. The van der Waals surface area contributed by atoms with Crippen molar-refractivity contribution in [1.29, 1.82) is 0 Å². The summed E-state index contributed by atoms with van der Waals surface area (Å²) in [5.41, 5.74) is 1.03. The number of H-pyrrole nitrogens is 1. The van der Waals surface area contributed by atoms with E-state index in [9.17, 15) is 4.79 Å². The number of carbonyl (C=O) groups is 1. The Balaban J connectivity index is 1.77. The Kier molecular flexibility index (Phi) is 3.14. The summed E-state index contributed by atoms with van der Waals surface area (Å²) in [7, 11) is 0. The van der Waals surface area contributed by atoms with Crippen molar-refractivity contribution in [3.63, 3.8) is 0 Å². The van der Waals surface area contributed by atoms with E-state index in [1.807, 2.05) is 23.6 Å². The van der Waals surface area contributed by atoms with Gasteiger partial charge in [0, 0.05) is 24.9 Å². The summed E-state index contributed by atoms with van der Waals surface area (Å²) in [6.45, 7) is 0.624. The molecule has 0 saturated heterocycles. The Labute approximate surface area is 91.3 Å². The number of rotatable bonds is 4. The summed E-state index contributed by atoms with van der Waals surface area (Å²) in [4.78, 5) is 12.3. The molecule has 5 heteroatoms. The molecule has 0 aliphatic heterocycles. The normalized spacial score (nSPS) is 10.1. The number of nitrogens with zero attached hydrogens (tertiary/aromatic N) is 1. The van der Waals surface area contributed by atoms with Crippen LogP contribution >= 0.6 is 11.3 Å². The molecule has 0 saturated carbocycles. The zero-order chi connectivity index (χ0) is 10.5. The van der Waals surface area contributed by atoms with Crippen LogP contribution in [-0.4, -0.2) is 22.6 Å². The number of amides is 1. The van der Waals surface area contributed by atoms with E-state index < -0.39 is 0 Å². The van der Waals surface area contributed by atoms with Crippen LogP contribution in [0.1, 0.15) is 15.4 Å². The quantitative estimate of drug-likeness (QED) is 0.820. The third kappa shape index (κ3) is 2.66. The van der Waals surface area contributed by atoms with Crippen LogP contribution in [0.3, 0.4) is 0 Å². The molecule has 0 radical (unpaired) electrons. The number of carbonyl (C=O) groups excluding carboxylic acids is 1. The summed E-state index contributed by atoms with van der Waals surface area (Å²) in [5.74, 6) is -0.00971. The number of hydrogen-bond acceptors (Lipinski definition) is 3. The van der Waals surface area contributed by atoms with Crippen molar-refractivity contribution in [1.82, 2.24) is 15.5 Å². The first-order chi connectivity index (χ1) is 7.36. The lowest BCUT2D eigenvalue weighted by Gasteiger charge is -2.01. The zero-order valence-corrected chi connectivity index (χ0v) is 8.88. The molecular formula is C10H11N3OS. The van der Waals surface area contributed by atoms with Crippen molar-refractivity contribution in [2.75, 3.05) is 6.54 Å². The molecule has 4 nitrogen and oxygen atoms in total. The van der Waals surface area contributed by atoms with Crippen LogP contribution in [0.15, 0.2) is 29.8 Å². The molecule has 78 valence electrons. The number of thiophene rings is 1. The first kappa shape index (κ1) is 9.92. The summed E-state index contributed by atoms with van der Waals surface area (Å²) < 4.78 is 0. The predicted octanol–water partition coefficient (Wildman–Crippen LogP) is 1.44. The summed E-state index contributed by atoms with van der Waals surface area (Å²) in [5, 5.41) is 11.4. The van der Waals surface area contributed by atoms with Crippen LogP contribution in [0, 0.1) is 0 Å². The topological polar surface area (TPSA) is 57.8 Å². The Bertz CT molecular complexity index is 408. The van der Waals surface area contributed by atoms with E-state index in [2.05, 4.69) is 15.5 Å². The minimum absolute atomic E-state index is 0.00971. The van der Waals surface area contributed by atoms with E-state index in [0.29, 0.717) is 6.54 Å². The standard InChI is InChI=1S/C10H11N3OS/c14-10(9-2-1-7-15-9)11-5-3-8-4-6-12-13-8/h1-2,4,6-7H,3,5H2,(H,11,14)(H,12,13). The van der Waals surface area contributed by atoms with Crippen molar-refractivity contribution >= 4 is 17.2 Å². The van der Waals surface area contributed by atoms with Crippen LogP contribution in [-0.2, 0) is 6.42 Å². The highest BCUT2D eigenvalue weighted by atomic mass is 32.1. The average Bonchev–Trinajstić information content (AvgIpc) is 2.90. The Hall–Kier alpha value is -1.62. The van der Waals surface area contributed by atoms with Gasteiger partial charge in [0.2, 0.25) is 0 Å². The highest BCUT2D eigenvalue weighted by Crippen LogP contribution is 2.07. The molecule has 0 unspecified atom stereocenters. The van der Waals surface area contributed by atoms with E-state index in [4.69, 9.17) is 0 Å². The minimum atomic E-state index is -0.00971. The van der Waals surface area contributed by atoms with Crippen molar-refractivity contribution < 1.29 is 4.79 Å².